The van der Waals surface area contributed by atoms with E-state index in [0.29, 0.717) is 0 Å². The Kier molecular flexibility index (Phi) is 9.05. The fourth-order valence-electron chi connectivity index (χ4n) is 4.23. The van der Waals surface area contributed by atoms with Gasteiger partial charge in [0, 0.05) is 0 Å². The molecule has 2 heterocycles. The second-order valence-corrected chi connectivity index (χ2v) is 22.5. The first-order chi connectivity index (χ1) is 13.8. The molecule has 0 aliphatic rings. The summed E-state index contributed by atoms with van der Waals surface area (Å²) in [6, 6.07) is 3.94. The van der Waals surface area contributed by atoms with E-state index in [1.165, 1.54) is 55.4 Å². The van der Waals surface area contributed by atoms with Crippen LogP contribution in [-0.4, -0.2) is 39.6 Å². The van der Waals surface area contributed by atoms with E-state index in [4.69, 9.17) is 9.72 Å². The van der Waals surface area contributed by atoms with Crippen molar-refractivity contribution < 1.29 is 9.53 Å². The maximum atomic E-state index is 13.0. The van der Waals surface area contributed by atoms with E-state index < -0.39 is 24.0 Å². The molecular formula is C24H40N2O2Sn. The minimum atomic E-state index is -2.72. The van der Waals surface area contributed by atoms with Crippen LogP contribution in [0.3, 0.4) is 0 Å². The van der Waals surface area contributed by atoms with Crippen LogP contribution in [0.1, 0.15) is 80.1 Å². The number of nitrogens with zero attached hydrogens (tertiary/aromatic N) is 2. The number of pyridine rings is 1. The molecule has 0 saturated heterocycles. The summed E-state index contributed by atoms with van der Waals surface area (Å²) in [6.45, 7) is 12.6. The monoisotopic (exact) mass is 508 g/mol. The SMILES string of the molecule is CCC[CH2][Sn]([CH2]CCC)([CH2]CCC)[c]1cn(C(=O)OC(C)(C)C)c2cccnc12. The van der Waals surface area contributed by atoms with Gasteiger partial charge in [0.1, 0.15) is 0 Å². The second-order valence-electron chi connectivity index (χ2n) is 9.36. The van der Waals surface area contributed by atoms with Crippen molar-refractivity contribution in [3.05, 3.63) is 24.5 Å². The fourth-order valence-corrected chi connectivity index (χ4v) is 20.6. The number of fused-ring (bicyclic) bond motifs is 1. The maximum absolute atomic E-state index is 13.0. The molecule has 0 aliphatic heterocycles. The van der Waals surface area contributed by atoms with Gasteiger partial charge in [-0.2, -0.15) is 0 Å². The predicted molar refractivity (Wildman–Crippen MR) is 126 cm³/mol. The molecule has 0 N–H and O–H groups in total. The van der Waals surface area contributed by atoms with Crippen molar-refractivity contribution in [1.29, 1.82) is 0 Å². The molecule has 0 unspecified atom stereocenters. The van der Waals surface area contributed by atoms with Crippen LogP contribution < -0.4 is 3.58 Å². The van der Waals surface area contributed by atoms with Gasteiger partial charge in [-0.1, -0.05) is 0 Å². The molecule has 0 atom stereocenters. The van der Waals surface area contributed by atoms with Crippen molar-refractivity contribution in [2.24, 2.45) is 0 Å². The van der Waals surface area contributed by atoms with Crippen LogP contribution in [-0.2, 0) is 4.74 Å². The van der Waals surface area contributed by atoms with E-state index in [1.807, 2.05) is 39.1 Å². The van der Waals surface area contributed by atoms with Gasteiger partial charge in [-0.05, 0) is 0 Å². The van der Waals surface area contributed by atoms with Gasteiger partial charge in [-0.15, -0.1) is 0 Å². The van der Waals surface area contributed by atoms with Gasteiger partial charge in [0.15, 0.2) is 0 Å². The van der Waals surface area contributed by atoms with E-state index in [1.54, 1.807) is 4.57 Å². The van der Waals surface area contributed by atoms with Gasteiger partial charge >= 0.3 is 182 Å². The average molecular weight is 507 g/mol. The van der Waals surface area contributed by atoms with E-state index >= 15 is 0 Å². The van der Waals surface area contributed by atoms with Crippen molar-refractivity contribution in [3.63, 3.8) is 0 Å². The molecule has 0 fully saturated rings. The summed E-state index contributed by atoms with van der Waals surface area (Å²) in [5.41, 5.74) is 1.45. The van der Waals surface area contributed by atoms with Gasteiger partial charge in [0.2, 0.25) is 0 Å². The Morgan fingerprint density at radius 3 is 2.07 bits per heavy atom. The molecule has 2 aromatic heterocycles. The first kappa shape index (κ1) is 24.2. The fraction of sp³-hybridized carbons (Fsp3) is 0.667. The zero-order chi connectivity index (χ0) is 21.5. The quantitative estimate of drug-likeness (QED) is 0.330. The van der Waals surface area contributed by atoms with Crippen molar-refractivity contribution in [3.8, 4) is 0 Å². The van der Waals surface area contributed by atoms with Gasteiger partial charge in [-0.3, -0.25) is 0 Å². The van der Waals surface area contributed by atoms with Gasteiger partial charge < -0.3 is 0 Å². The summed E-state index contributed by atoms with van der Waals surface area (Å²) in [5, 5.41) is 0. The molecule has 0 aromatic carbocycles. The van der Waals surface area contributed by atoms with Crippen LogP contribution in [0.4, 0.5) is 4.79 Å². The molecule has 2 rings (SSSR count). The molecule has 0 saturated carbocycles. The zero-order valence-corrected chi connectivity index (χ0v) is 22.2. The third-order valence-electron chi connectivity index (χ3n) is 5.75. The van der Waals surface area contributed by atoms with E-state index in [9.17, 15) is 4.79 Å². The number of ether oxygens (including phenoxy) is 1. The van der Waals surface area contributed by atoms with Crippen LogP contribution in [0.5, 0.6) is 0 Å². The summed E-state index contributed by atoms with van der Waals surface area (Å²) >= 11 is -2.72. The summed E-state index contributed by atoms with van der Waals surface area (Å²) < 4.78 is 13.0. The Morgan fingerprint density at radius 2 is 1.59 bits per heavy atom. The summed E-state index contributed by atoms with van der Waals surface area (Å²) in [4.78, 5) is 17.8. The topological polar surface area (TPSA) is 44.1 Å². The predicted octanol–water partition coefficient (Wildman–Crippen LogP) is 6.88. The van der Waals surface area contributed by atoms with Gasteiger partial charge in [0.05, 0.1) is 0 Å². The Labute approximate surface area is 181 Å². The first-order valence-corrected chi connectivity index (χ1v) is 19.0. The van der Waals surface area contributed by atoms with Crippen LogP contribution >= 0.6 is 0 Å². The summed E-state index contributed by atoms with van der Waals surface area (Å²) in [7, 11) is 0. The normalized spacial score (nSPS) is 12.5. The molecule has 0 spiro atoms. The number of carbonyl (C=O) groups is 1. The first-order valence-electron chi connectivity index (χ1n) is 11.5. The number of hydrogen-bond donors (Lipinski definition) is 0. The molecule has 0 amide bonds. The molecule has 2 aromatic rings. The van der Waals surface area contributed by atoms with E-state index in [-0.39, 0.29) is 6.09 Å². The Balaban J connectivity index is 2.62. The van der Waals surface area contributed by atoms with Crippen molar-refractivity contribution in [2.75, 3.05) is 0 Å². The number of unbranched alkanes of at least 4 members (excludes halogenated alkanes) is 3. The van der Waals surface area contributed by atoms with Crippen LogP contribution in [0.2, 0.25) is 13.3 Å². The molecule has 5 heteroatoms. The molecule has 0 radical (unpaired) electrons. The summed E-state index contributed by atoms with van der Waals surface area (Å²) in [5.74, 6) is 0. The van der Waals surface area contributed by atoms with E-state index in [0.717, 1.165) is 11.0 Å². The molecule has 29 heavy (non-hydrogen) atoms. The molecular weight excluding hydrogens is 467 g/mol. The average Bonchev–Trinajstić information content (AvgIpc) is 3.07. The van der Waals surface area contributed by atoms with Crippen molar-refractivity contribution >= 4 is 39.1 Å². The van der Waals surface area contributed by atoms with Crippen LogP contribution in [0.15, 0.2) is 24.5 Å². The number of carbonyl (C=O) groups excluding carboxylic acids is 1. The number of aromatic nitrogens is 2. The number of rotatable bonds is 10. The minimum absolute atomic E-state index is 0.289. The molecule has 162 valence electrons. The summed E-state index contributed by atoms with van der Waals surface area (Å²) in [6.07, 6.45) is 11.3. The molecule has 0 aliphatic carbocycles. The van der Waals surface area contributed by atoms with Crippen molar-refractivity contribution in [1.82, 2.24) is 9.55 Å². The molecule has 0 bridgehead atoms. The van der Waals surface area contributed by atoms with Crippen molar-refractivity contribution in [2.45, 2.75) is 99.0 Å². The number of hydrogen-bond acceptors (Lipinski definition) is 3. The Hall–Kier alpha value is -1.04. The van der Waals surface area contributed by atoms with Gasteiger partial charge in [0.25, 0.3) is 0 Å². The third-order valence-corrected chi connectivity index (χ3v) is 21.3. The zero-order valence-electron chi connectivity index (χ0n) is 19.4. The molecule has 4 nitrogen and oxygen atoms in total. The third kappa shape index (κ3) is 6.22. The Bertz CT molecular complexity index is 770. The van der Waals surface area contributed by atoms with Crippen LogP contribution in [0.25, 0.3) is 11.0 Å². The van der Waals surface area contributed by atoms with E-state index in [2.05, 4.69) is 27.0 Å². The Morgan fingerprint density at radius 1 is 1.03 bits per heavy atom. The standard InChI is InChI=1S/C12H13N2O2.3C4H9.Sn/c1-12(2,3)16-11(15)14-8-6-9-10(14)5-4-7-13-9;3*1-3-4-2;/h4-5,7-8H,1-3H3;3*1,3-4H2,2H3;. The van der Waals surface area contributed by atoms with Gasteiger partial charge in [-0.25, -0.2) is 0 Å². The second kappa shape index (κ2) is 10.8. The van der Waals surface area contributed by atoms with Crippen LogP contribution in [0, 0.1) is 0 Å².